The van der Waals surface area contributed by atoms with E-state index in [2.05, 4.69) is 45.0 Å². The summed E-state index contributed by atoms with van der Waals surface area (Å²) in [6.45, 7) is 16.7. The van der Waals surface area contributed by atoms with E-state index < -0.39 is 53.6 Å². The average Bonchev–Trinajstić information content (AvgIpc) is 4.08. The molecule has 0 bridgehead atoms. The zero-order valence-corrected chi connectivity index (χ0v) is 41.7. The summed E-state index contributed by atoms with van der Waals surface area (Å²) in [5, 5.41) is 38.5. The molecule has 18 heteroatoms. The number of β-amino-alcohol motifs (C(OH)–C–C–N with tert-alkyl or cyclic N) is 1. The van der Waals surface area contributed by atoms with E-state index in [1.807, 2.05) is 112 Å². The molecule has 1 fully saturated rings. The summed E-state index contributed by atoms with van der Waals surface area (Å²) < 4.78 is 7.88. The zero-order chi connectivity index (χ0) is 49.5. The molecule has 16 nitrogen and oxygen atoms in total. The van der Waals surface area contributed by atoms with Gasteiger partial charge in [0, 0.05) is 29.0 Å². The number of thiazole rings is 1. The normalized spacial score (nSPS) is 18.0. The number of nitrogens with zero attached hydrogens (tertiary/aromatic N) is 6. The van der Waals surface area contributed by atoms with Gasteiger partial charge < -0.3 is 35.8 Å². The lowest BCUT2D eigenvalue weighted by atomic mass is 9.85. The number of aliphatic imine (C=N–C) groups is 1. The van der Waals surface area contributed by atoms with E-state index in [0.29, 0.717) is 17.4 Å². The van der Waals surface area contributed by atoms with E-state index >= 15 is 0 Å². The van der Waals surface area contributed by atoms with Crippen molar-refractivity contribution in [1.82, 2.24) is 40.6 Å². The fourth-order valence-corrected chi connectivity index (χ4v) is 10.9. The van der Waals surface area contributed by atoms with Crippen LogP contribution in [0.4, 0.5) is 4.79 Å². The van der Waals surface area contributed by atoms with Gasteiger partial charge in [-0.05, 0) is 86.9 Å². The largest absolute Gasteiger partial charge is 0.484 e. The second-order valence-electron chi connectivity index (χ2n) is 18.8. The summed E-state index contributed by atoms with van der Waals surface area (Å²) in [6.07, 6.45) is -1.98. The Labute approximate surface area is 408 Å². The van der Waals surface area contributed by atoms with E-state index in [1.54, 1.807) is 41.7 Å². The van der Waals surface area contributed by atoms with Gasteiger partial charge in [0.25, 0.3) is 5.91 Å². The zero-order valence-electron chi connectivity index (χ0n) is 40.0. The highest BCUT2D eigenvalue weighted by atomic mass is 32.1. The molecule has 69 heavy (non-hydrogen) atoms. The monoisotopic (exact) mass is 971 g/mol. The number of carbonyl (C=O) groups is 4. The number of aliphatic hydroxyl groups is 1. The number of hydrogen-bond acceptors (Lipinski definition) is 12. The first-order valence-corrected chi connectivity index (χ1v) is 24.5. The number of aromatic nitrogens is 4. The number of ether oxygens (including phenoxy) is 1. The second kappa shape index (κ2) is 19.7. The third kappa shape index (κ3) is 10.2. The maximum atomic E-state index is 14.2. The van der Waals surface area contributed by atoms with Crippen LogP contribution in [0.1, 0.15) is 97.6 Å². The molecule has 3 aromatic carbocycles. The van der Waals surface area contributed by atoms with Crippen molar-refractivity contribution in [1.29, 1.82) is 0 Å². The smallest absolute Gasteiger partial charge is 0.404 e. The van der Waals surface area contributed by atoms with Gasteiger partial charge in [-0.3, -0.25) is 23.9 Å². The Balaban J connectivity index is 0.910. The minimum Gasteiger partial charge on any atom is -0.484 e. The minimum absolute atomic E-state index is 0.0394. The van der Waals surface area contributed by atoms with Crippen molar-refractivity contribution in [3.63, 3.8) is 0 Å². The molecule has 6 aromatic rings. The fourth-order valence-electron chi connectivity index (χ4n) is 8.89. The van der Waals surface area contributed by atoms with Crippen LogP contribution in [0.2, 0.25) is 0 Å². The summed E-state index contributed by atoms with van der Waals surface area (Å²) in [6, 6.07) is 19.7. The predicted molar refractivity (Wildman–Crippen MR) is 266 cm³/mol. The Kier molecular flexibility index (Phi) is 13.9. The Hall–Kier alpha value is -6.76. The van der Waals surface area contributed by atoms with Crippen molar-refractivity contribution in [2.45, 2.75) is 105 Å². The van der Waals surface area contributed by atoms with Crippen molar-refractivity contribution in [2.75, 3.05) is 13.2 Å². The number of hydrogen-bond donors (Lipinski definition) is 5. The predicted octanol–water partition coefficient (Wildman–Crippen LogP) is 7.65. The highest BCUT2D eigenvalue weighted by Gasteiger charge is 2.45. The molecule has 1 saturated heterocycles. The van der Waals surface area contributed by atoms with Gasteiger partial charge in [-0.1, -0.05) is 81.4 Å². The van der Waals surface area contributed by atoms with Crippen LogP contribution < -0.4 is 20.7 Å². The third-order valence-corrected chi connectivity index (χ3v) is 15.0. The summed E-state index contributed by atoms with van der Waals surface area (Å²) in [7, 11) is 0. The number of fused-ring (bicyclic) bond motifs is 3. The second-order valence-corrected chi connectivity index (χ2v) is 20.9. The van der Waals surface area contributed by atoms with Gasteiger partial charge >= 0.3 is 6.09 Å². The van der Waals surface area contributed by atoms with Crippen LogP contribution in [-0.2, 0) is 14.4 Å². The molecular formula is C51H57N9O7S2. The highest BCUT2D eigenvalue weighted by Crippen LogP contribution is 2.40. The number of carboxylic acid groups (broad SMARTS) is 1. The molecule has 8 rings (SSSR count). The molecule has 2 unspecified atom stereocenters. The maximum Gasteiger partial charge on any atom is 0.404 e. The maximum absolute atomic E-state index is 14.2. The van der Waals surface area contributed by atoms with Gasteiger partial charge in [-0.15, -0.1) is 32.9 Å². The number of nitrogens with one attached hydrogen (secondary N) is 3. The molecular weight excluding hydrogens is 915 g/mol. The van der Waals surface area contributed by atoms with Crippen LogP contribution in [0.25, 0.3) is 26.6 Å². The molecule has 3 aromatic heterocycles. The number of amides is 4. The van der Waals surface area contributed by atoms with Crippen LogP contribution in [0.15, 0.2) is 83.3 Å². The standard InChI is InChI=1S/C51H57N9O7S2/c1-26-30(5)69-49-41(26)43(56-42(28(3)54-50(65)66)46-58-57-31(6)60(46)49)35-14-12-33(13-15-35)34-18-20-38(21-19-34)67-24-40(62)55-45(51(7,8)9)48(64)59-23-37(61)22-39(59)47(63)53-27(2)32-10-16-36(17-11-32)44-29(4)52-25-68-44/h10-21,25,27-28,37,39,42,45,54,61H,22-24H2,1-9H3,(H,53,63)(H,55,62)(H,65,66)/t27-,28?,37+,39-,42?,45+/m0/s1. The summed E-state index contributed by atoms with van der Waals surface area (Å²) >= 11 is 3.20. The molecule has 0 aliphatic carbocycles. The van der Waals surface area contributed by atoms with Crippen molar-refractivity contribution in [2.24, 2.45) is 10.4 Å². The molecule has 0 spiro atoms. The highest BCUT2D eigenvalue weighted by molar-refractivity contribution is 7.15. The van der Waals surface area contributed by atoms with Gasteiger partial charge in [-0.25, -0.2) is 9.78 Å². The number of aryl methyl sites for hydroxylation is 3. The Morgan fingerprint density at radius 1 is 0.855 bits per heavy atom. The van der Waals surface area contributed by atoms with Crippen LogP contribution in [0.5, 0.6) is 5.75 Å². The Morgan fingerprint density at radius 3 is 2.12 bits per heavy atom. The van der Waals surface area contributed by atoms with Gasteiger partial charge in [0.2, 0.25) is 11.8 Å². The first-order chi connectivity index (χ1) is 32.8. The number of benzene rings is 3. The number of thiophene rings is 1. The Morgan fingerprint density at radius 2 is 1.49 bits per heavy atom. The molecule has 2 aliphatic rings. The third-order valence-electron chi connectivity index (χ3n) is 12.8. The van der Waals surface area contributed by atoms with Crippen LogP contribution >= 0.6 is 22.7 Å². The lowest BCUT2D eigenvalue weighted by Gasteiger charge is -2.35. The lowest BCUT2D eigenvalue weighted by Crippen LogP contribution is -2.58. The fraction of sp³-hybridized carbons (Fsp3) is 0.373. The summed E-state index contributed by atoms with van der Waals surface area (Å²) in [4.78, 5) is 66.3. The molecule has 0 radical (unpaired) electrons. The van der Waals surface area contributed by atoms with E-state index in [1.165, 1.54) is 4.90 Å². The van der Waals surface area contributed by atoms with Crippen LogP contribution in [-0.4, -0.2) is 102 Å². The van der Waals surface area contributed by atoms with Crippen molar-refractivity contribution in [3.05, 3.63) is 123 Å². The average molecular weight is 972 g/mol. The van der Waals surface area contributed by atoms with Crippen molar-refractivity contribution in [3.8, 4) is 32.3 Å². The topological polar surface area (TPSA) is 213 Å². The molecule has 5 N–H and O–H groups in total. The molecule has 2 aliphatic heterocycles. The van der Waals surface area contributed by atoms with Crippen LogP contribution in [0.3, 0.4) is 0 Å². The quantitative estimate of drug-likeness (QED) is 0.0763. The molecule has 4 amide bonds. The van der Waals surface area contributed by atoms with Gasteiger partial charge in [0.05, 0.1) is 40.0 Å². The van der Waals surface area contributed by atoms with Crippen molar-refractivity contribution < 1.29 is 34.1 Å². The lowest BCUT2D eigenvalue weighted by molar-refractivity contribution is -0.144. The molecule has 0 saturated carbocycles. The number of rotatable bonds is 13. The first kappa shape index (κ1) is 48.7. The van der Waals surface area contributed by atoms with Gasteiger partial charge in [0.15, 0.2) is 12.4 Å². The minimum atomic E-state index is -1.15. The summed E-state index contributed by atoms with van der Waals surface area (Å²) in [5.41, 5.74) is 9.42. The number of likely N-dealkylation sites (tertiary alicyclic amines) is 1. The number of aliphatic hydroxyl groups excluding tert-OH is 1. The SMILES string of the molecule is Cc1ncsc1-c1ccc([C@H](C)NC(=O)[C@@H]2C[C@@H](O)CN2C(=O)[C@@H](NC(=O)COc2ccc(-c3ccc(C4=NC(C(C)NC(=O)O)c5nnc(C)n5-c5sc(C)c(C)c54)cc3)cc2)C(C)(C)C)cc1. The van der Waals surface area contributed by atoms with Crippen LogP contribution in [0, 0.1) is 33.1 Å². The summed E-state index contributed by atoms with van der Waals surface area (Å²) in [5.74, 6) is 0.342. The first-order valence-electron chi connectivity index (χ1n) is 22.8. The van der Waals surface area contributed by atoms with E-state index in [-0.39, 0.29) is 31.5 Å². The van der Waals surface area contributed by atoms with Crippen molar-refractivity contribution >= 4 is 52.2 Å². The van der Waals surface area contributed by atoms with E-state index in [0.717, 1.165) is 65.1 Å². The molecule has 5 heterocycles. The van der Waals surface area contributed by atoms with E-state index in [4.69, 9.17) is 9.73 Å². The number of carbonyl (C=O) groups excluding carboxylic acids is 3. The van der Waals surface area contributed by atoms with Gasteiger partial charge in [-0.2, -0.15) is 0 Å². The van der Waals surface area contributed by atoms with E-state index in [9.17, 15) is 29.4 Å². The Bertz CT molecular complexity index is 2920. The van der Waals surface area contributed by atoms with Gasteiger partial charge in [0.1, 0.15) is 34.7 Å². The molecule has 6 atom stereocenters. The molecule has 360 valence electrons.